The molecule has 166 valence electrons. The summed E-state index contributed by atoms with van der Waals surface area (Å²) in [6, 6.07) is 11.7. The van der Waals surface area contributed by atoms with E-state index in [4.69, 9.17) is 9.40 Å². The van der Waals surface area contributed by atoms with Gasteiger partial charge in [0.25, 0.3) is 0 Å². The summed E-state index contributed by atoms with van der Waals surface area (Å²) in [6.07, 6.45) is 5.24. The van der Waals surface area contributed by atoms with E-state index in [1.807, 2.05) is 31.2 Å². The molecular weight excluding hydrogens is 420 g/mol. The van der Waals surface area contributed by atoms with Crippen LogP contribution in [0.15, 0.2) is 45.6 Å². The molecule has 32 heavy (non-hydrogen) atoms. The maximum atomic E-state index is 13.7. The monoisotopic (exact) mass is 448 g/mol. The number of piperidine rings is 1. The summed E-state index contributed by atoms with van der Waals surface area (Å²) < 4.78 is 7.42. The third-order valence-corrected chi connectivity index (χ3v) is 7.68. The minimum atomic E-state index is -0.0749. The molecule has 5 rings (SSSR count). The van der Waals surface area contributed by atoms with Gasteiger partial charge >= 0.3 is 0 Å². The molecule has 3 heterocycles. The number of phenolic OH excluding ortho intramolecular Hbond substituents is 1. The van der Waals surface area contributed by atoms with Gasteiger partial charge < -0.3 is 9.52 Å². The number of rotatable bonds is 5. The van der Waals surface area contributed by atoms with E-state index in [2.05, 4.69) is 11.8 Å². The SMILES string of the molecule is CCc1oc2c(CN3CCCCC3CC)c(O)ccc2c(=O)c1-c1nc2ccccc2s1. The molecule has 1 fully saturated rings. The Morgan fingerprint density at radius 3 is 2.81 bits per heavy atom. The van der Waals surface area contributed by atoms with Crippen molar-refractivity contribution in [3.63, 3.8) is 0 Å². The number of likely N-dealkylation sites (tertiary alicyclic amines) is 1. The molecule has 1 saturated heterocycles. The highest BCUT2D eigenvalue weighted by Crippen LogP contribution is 2.35. The lowest BCUT2D eigenvalue weighted by Crippen LogP contribution is -2.38. The predicted molar refractivity (Wildman–Crippen MR) is 130 cm³/mol. The first-order valence-electron chi connectivity index (χ1n) is 11.5. The van der Waals surface area contributed by atoms with Crippen LogP contribution in [-0.4, -0.2) is 27.6 Å². The molecule has 1 unspecified atom stereocenters. The number of benzene rings is 2. The molecule has 4 aromatic rings. The molecule has 1 aliphatic heterocycles. The van der Waals surface area contributed by atoms with Crippen LogP contribution in [0.5, 0.6) is 5.75 Å². The highest BCUT2D eigenvalue weighted by Gasteiger charge is 2.25. The van der Waals surface area contributed by atoms with E-state index in [0.29, 0.717) is 51.9 Å². The third kappa shape index (κ3) is 3.61. The molecular formula is C26H28N2O3S. The van der Waals surface area contributed by atoms with Crippen molar-refractivity contribution in [3.8, 4) is 16.3 Å². The normalized spacial score (nSPS) is 17.4. The maximum absolute atomic E-state index is 13.7. The first-order valence-corrected chi connectivity index (χ1v) is 12.3. The van der Waals surface area contributed by atoms with E-state index < -0.39 is 0 Å². The Morgan fingerprint density at radius 2 is 2.03 bits per heavy atom. The van der Waals surface area contributed by atoms with Gasteiger partial charge in [0, 0.05) is 19.0 Å². The van der Waals surface area contributed by atoms with Gasteiger partial charge in [-0.05, 0) is 50.1 Å². The van der Waals surface area contributed by atoms with Crippen LogP contribution in [0.2, 0.25) is 0 Å². The molecule has 0 aliphatic carbocycles. The maximum Gasteiger partial charge on any atom is 0.203 e. The zero-order chi connectivity index (χ0) is 22.2. The highest BCUT2D eigenvalue weighted by atomic mass is 32.1. The molecule has 2 aromatic heterocycles. The number of hydrogen-bond acceptors (Lipinski definition) is 6. The van der Waals surface area contributed by atoms with Crippen LogP contribution in [0.4, 0.5) is 0 Å². The number of phenols is 1. The van der Waals surface area contributed by atoms with Gasteiger partial charge in [0.15, 0.2) is 0 Å². The Morgan fingerprint density at radius 1 is 1.19 bits per heavy atom. The molecule has 0 radical (unpaired) electrons. The van der Waals surface area contributed by atoms with Crippen LogP contribution in [0, 0.1) is 0 Å². The van der Waals surface area contributed by atoms with Crippen molar-refractivity contribution in [2.75, 3.05) is 6.54 Å². The van der Waals surface area contributed by atoms with Crippen molar-refractivity contribution < 1.29 is 9.52 Å². The summed E-state index contributed by atoms with van der Waals surface area (Å²) in [5, 5.41) is 11.9. The van der Waals surface area contributed by atoms with Crippen molar-refractivity contribution in [1.29, 1.82) is 0 Å². The van der Waals surface area contributed by atoms with E-state index >= 15 is 0 Å². The zero-order valence-electron chi connectivity index (χ0n) is 18.6. The fourth-order valence-electron chi connectivity index (χ4n) is 4.88. The molecule has 1 atom stereocenters. The standard InChI is InChI=1S/C26H28N2O3S/c1-3-16-9-7-8-14-28(16)15-18-20(29)13-12-17-24(30)23(21(4-2)31-25(17)18)26-27-19-10-5-6-11-22(19)32-26/h5-6,10-13,16,29H,3-4,7-9,14-15H2,1-2H3. The van der Waals surface area contributed by atoms with Gasteiger partial charge in [-0.1, -0.05) is 32.4 Å². The number of nitrogens with zero attached hydrogens (tertiary/aromatic N) is 2. The van der Waals surface area contributed by atoms with Gasteiger partial charge in [-0.3, -0.25) is 9.69 Å². The van der Waals surface area contributed by atoms with Crippen LogP contribution in [0.1, 0.15) is 50.9 Å². The van der Waals surface area contributed by atoms with Gasteiger partial charge in [-0.2, -0.15) is 0 Å². The van der Waals surface area contributed by atoms with E-state index in [-0.39, 0.29) is 11.2 Å². The van der Waals surface area contributed by atoms with E-state index in [1.165, 1.54) is 24.2 Å². The number of aromatic hydroxyl groups is 1. The largest absolute Gasteiger partial charge is 0.507 e. The van der Waals surface area contributed by atoms with E-state index in [1.54, 1.807) is 12.1 Å². The Kier molecular flexibility index (Phi) is 5.74. The number of aromatic nitrogens is 1. The van der Waals surface area contributed by atoms with Crippen molar-refractivity contribution in [3.05, 3.63) is 57.9 Å². The Hall–Kier alpha value is -2.70. The van der Waals surface area contributed by atoms with Crippen molar-refractivity contribution in [1.82, 2.24) is 9.88 Å². The number of para-hydroxylation sites is 1. The van der Waals surface area contributed by atoms with Crippen LogP contribution < -0.4 is 5.43 Å². The molecule has 0 bridgehead atoms. The summed E-state index contributed by atoms with van der Waals surface area (Å²) in [6.45, 7) is 5.80. The minimum absolute atomic E-state index is 0.0749. The van der Waals surface area contributed by atoms with Crippen LogP contribution in [-0.2, 0) is 13.0 Å². The third-order valence-electron chi connectivity index (χ3n) is 6.62. The smallest absolute Gasteiger partial charge is 0.203 e. The predicted octanol–water partition coefficient (Wildman–Crippen LogP) is 6.10. The van der Waals surface area contributed by atoms with Crippen molar-refractivity contribution in [2.24, 2.45) is 0 Å². The number of hydrogen-bond donors (Lipinski definition) is 1. The highest BCUT2D eigenvalue weighted by molar-refractivity contribution is 7.21. The van der Waals surface area contributed by atoms with Crippen LogP contribution in [0.3, 0.4) is 0 Å². The van der Waals surface area contributed by atoms with Gasteiger partial charge in [0.05, 0.1) is 26.7 Å². The van der Waals surface area contributed by atoms with Crippen molar-refractivity contribution in [2.45, 2.75) is 58.5 Å². The summed E-state index contributed by atoms with van der Waals surface area (Å²) in [4.78, 5) is 20.8. The zero-order valence-corrected chi connectivity index (χ0v) is 19.4. The lowest BCUT2D eigenvalue weighted by molar-refractivity contribution is 0.135. The second kappa shape index (κ2) is 8.68. The summed E-state index contributed by atoms with van der Waals surface area (Å²) in [5.41, 5.74) is 2.58. The summed E-state index contributed by atoms with van der Waals surface area (Å²) in [5.74, 6) is 0.815. The summed E-state index contributed by atoms with van der Waals surface area (Å²) in [7, 11) is 0. The summed E-state index contributed by atoms with van der Waals surface area (Å²) >= 11 is 1.51. The fourth-order valence-corrected chi connectivity index (χ4v) is 5.90. The number of thiazole rings is 1. The molecule has 5 nitrogen and oxygen atoms in total. The lowest BCUT2D eigenvalue weighted by atomic mass is 9.98. The molecule has 0 amide bonds. The van der Waals surface area contributed by atoms with E-state index in [0.717, 1.165) is 29.6 Å². The number of aryl methyl sites for hydroxylation is 1. The van der Waals surface area contributed by atoms with E-state index in [9.17, 15) is 9.90 Å². The Balaban J connectivity index is 1.67. The minimum Gasteiger partial charge on any atom is -0.507 e. The first kappa shape index (κ1) is 21.2. The average Bonchev–Trinajstić information content (AvgIpc) is 3.24. The van der Waals surface area contributed by atoms with Crippen LogP contribution in [0.25, 0.3) is 31.8 Å². The number of fused-ring (bicyclic) bond motifs is 2. The fraction of sp³-hybridized carbons (Fsp3) is 0.385. The Labute approximate surface area is 191 Å². The second-order valence-electron chi connectivity index (χ2n) is 8.54. The molecule has 2 aromatic carbocycles. The quantitative estimate of drug-likeness (QED) is 0.399. The van der Waals surface area contributed by atoms with Crippen molar-refractivity contribution >= 4 is 32.5 Å². The lowest BCUT2D eigenvalue weighted by Gasteiger charge is -2.35. The van der Waals surface area contributed by atoms with Gasteiger partial charge in [-0.15, -0.1) is 11.3 Å². The van der Waals surface area contributed by atoms with Gasteiger partial charge in [0.2, 0.25) is 5.43 Å². The van der Waals surface area contributed by atoms with Gasteiger partial charge in [-0.25, -0.2) is 4.98 Å². The molecule has 0 saturated carbocycles. The molecule has 1 N–H and O–H groups in total. The molecule has 1 aliphatic rings. The molecule has 6 heteroatoms. The average molecular weight is 449 g/mol. The van der Waals surface area contributed by atoms with Gasteiger partial charge in [0.1, 0.15) is 22.1 Å². The Bertz CT molecular complexity index is 1310. The first-order chi connectivity index (χ1) is 15.6. The topological polar surface area (TPSA) is 66.6 Å². The van der Waals surface area contributed by atoms with Crippen LogP contribution >= 0.6 is 11.3 Å². The second-order valence-corrected chi connectivity index (χ2v) is 9.57. The molecule has 0 spiro atoms.